The van der Waals surface area contributed by atoms with E-state index >= 15 is 0 Å². The SMILES string of the molecule is C[C@@H](CCn1cccn1)n1cnc2cccc(Cl)c2c1=O. The van der Waals surface area contributed by atoms with E-state index in [4.69, 9.17) is 11.6 Å². The number of nitrogens with zero attached hydrogens (tertiary/aromatic N) is 4. The number of aromatic nitrogens is 4. The molecule has 0 amide bonds. The van der Waals surface area contributed by atoms with E-state index in [-0.39, 0.29) is 11.6 Å². The molecule has 0 fully saturated rings. The van der Waals surface area contributed by atoms with E-state index in [0.29, 0.717) is 15.9 Å². The summed E-state index contributed by atoms with van der Waals surface area (Å²) in [7, 11) is 0. The van der Waals surface area contributed by atoms with Crippen molar-refractivity contribution in [1.29, 1.82) is 0 Å². The Hall–Kier alpha value is -2.14. The molecule has 0 aliphatic heterocycles. The summed E-state index contributed by atoms with van der Waals surface area (Å²) in [4.78, 5) is 16.9. The van der Waals surface area contributed by atoms with Gasteiger partial charge in [0.05, 0.1) is 22.3 Å². The molecule has 1 aromatic carbocycles. The van der Waals surface area contributed by atoms with Gasteiger partial charge in [0.2, 0.25) is 0 Å². The number of hydrogen-bond donors (Lipinski definition) is 0. The molecule has 3 rings (SSSR count). The van der Waals surface area contributed by atoms with Crippen LogP contribution >= 0.6 is 11.6 Å². The molecule has 0 N–H and O–H groups in total. The normalized spacial score (nSPS) is 12.7. The van der Waals surface area contributed by atoms with Gasteiger partial charge in [0.1, 0.15) is 0 Å². The summed E-state index contributed by atoms with van der Waals surface area (Å²) in [6, 6.07) is 7.21. The van der Waals surface area contributed by atoms with Crippen LogP contribution in [0.4, 0.5) is 0 Å². The highest BCUT2D eigenvalue weighted by Gasteiger charge is 2.12. The quantitative estimate of drug-likeness (QED) is 0.744. The second-order valence-corrected chi connectivity index (χ2v) is 5.40. The lowest BCUT2D eigenvalue weighted by molar-refractivity contribution is 0.436. The number of fused-ring (bicyclic) bond motifs is 1. The van der Waals surface area contributed by atoms with Crippen molar-refractivity contribution in [2.75, 3.05) is 0 Å². The Morgan fingerprint density at radius 1 is 1.33 bits per heavy atom. The van der Waals surface area contributed by atoms with Gasteiger partial charge in [-0.25, -0.2) is 4.98 Å². The molecule has 2 aromatic heterocycles. The fourth-order valence-electron chi connectivity index (χ4n) is 2.34. The van der Waals surface area contributed by atoms with Gasteiger partial charge in [-0.15, -0.1) is 0 Å². The van der Waals surface area contributed by atoms with Crippen LogP contribution in [0.5, 0.6) is 0 Å². The first kappa shape index (κ1) is 13.8. The Balaban J connectivity index is 1.91. The number of benzene rings is 1. The molecule has 0 unspecified atom stereocenters. The van der Waals surface area contributed by atoms with E-state index in [1.807, 2.05) is 23.9 Å². The van der Waals surface area contributed by atoms with Crippen molar-refractivity contribution in [2.24, 2.45) is 0 Å². The Morgan fingerprint density at radius 3 is 2.95 bits per heavy atom. The molecule has 108 valence electrons. The molecule has 1 atom stereocenters. The van der Waals surface area contributed by atoms with Crippen LogP contribution in [0.15, 0.2) is 47.8 Å². The zero-order valence-electron chi connectivity index (χ0n) is 11.6. The van der Waals surface area contributed by atoms with Gasteiger partial charge in [0, 0.05) is 25.0 Å². The van der Waals surface area contributed by atoms with E-state index < -0.39 is 0 Å². The summed E-state index contributed by atoms with van der Waals surface area (Å²) < 4.78 is 3.49. The Morgan fingerprint density at radius 2 is 2.19 bits per heavy atom. The van der Waals surface area contributed by atoms with Crippen LogP contribution < -0.4 is 5.56 Å². The summed E-state index contributed by atoms with van der Waals surface area (Å²) >= 11 is 6.13. The minimum Gasteiger partial charge on any atom is -0.296 e. The maximum absolute atomic E-state index is 12.6. The maximum Gasteiger partial charge on any atom is 0.262 e. The number of rotatable bonds is 4. The molecule has 6 heteroatoms. The molecule has 0 aliphatic carbocycles. The zero-order chi connectivity index (χ0) is 14.8. The molecule has 2 heterocycles. The Labute approximate surface area is 126 Å². The molecule has 0 radical (unpaired) electrons. The molecule has 0 saturated carbocycles. The predicted molar refractivity (Wildman–Crippen MR) is 82.6 cm³/mol. The highest BCUT2D eigenvalue weighted by atomic mass is 35.5. The largest absolute Gasteiger partial charge is 0.296 e. The summed E-state index contributed by atoms with van der Waals surface area (Å²) in [5.74, 6) is 0. The van der Waals surface area contributed by atoms with Gasteiger partial charge in [-0.1, -0.05) is 17.7 Å². The lowest BCUT2D eigenvalue weighted by Gasteiger charge is -2.15. The van der Waals surface area contributed by atoms with Crippen molar-refractivity contribution in [1.82, 2.24) is 19.3 Å². The van der Waals surface area contributed by atoms with Gasteiger partial charge in [0.25, 0.3) is 5.56 Å². The smallest absolute Gasteiger partial charge is 0.262 e. The first-order chi connectivity index (χ1) is 10.2. The minimum atomic E-state index is -0.0986. The van der Waals surface area contributed by atoms with Crippen molar-refractivity contribution < 1.29 is 0 Å². The Bertz CT molecular complexity index is 810. The highest BCUT2D eigenvalue weighted by molar-refractivity contribution is 6.35. The molecule has 0 spiro atoms. The van der Waals surface area contributed by atoms with Crippen LogP contribution in [0.3, 0.4) is 0 Å². The number of halogens is 1. The topological polar surface area (TPSA) is 52.7 Å². The summed E-state index contributed by atoms with van der Waals surface area (Å²) in [5, 5.41) is 5.08. The average Bonchev–Trinajstić information content (AvgIpc) is 2.98. The standard InChI is InChI=1S/C15H15ClN4O/c1-11(6-9-19-8-3-7-18-19)20-10-17-13-5-2-4-12(16)14(13)15(20)21/h2-5,7-8,10-11H,6,9H2,1H3/t11-/m0/s1. The minimum absolute atomic E-state index is 0.0230. The van der Waals surface area contributed by atoms with Gasteiger partial charge in [0.15, 0.2) is 0 Å². The van der Waals surface area contributed by atoms with E-state index in [1.165, 1.54) is 0 Å². The van der Waals surface area contributed by atoms with Crippen molar-refractivity contribution in [3.63, 3.8) is 0 Å². The van der Waals surface area contributed by atoms with Gasteiger partial charge in [-0.3, -0.25) is 14.0 Å². The molecule has 0 saturated heterocycles. The summed E-state index contributed by atoms with van der Waals surface area (Å²) in [5.41, 5.74) is 0.529. The molecule has 21 heavy (non-hydrogen) atoms. The molecule has 3 aromatic rings. The van der Waals surface area contributed by atoms with Crippen molar-refractivity contribution in [3.05, 3.63) is 58.4 Å². The summed E-state index contributed by atoms with van der Waals surface area (Å²) in [6.45, 7) is 2.75. The van der Waals surface area contributed by atoms with Crippen molar-refractivity contribution in [3.8, 4) is 0 Å². The molecule has 5 nitrogen and oxygen atoms in total. The molecular weight excluding hydrogens is 288 g/mol. The van der Waals surface area contributed by atoms with Gasteiger partial charge in [-0.05, 0) is 31.5 Å². The van der Waals surface area contributed by atoms with Gasteiger partial charge >= 0.3 is 0 Å². The third-order valence-electron chi connectivity index (χ3n) is 3.57. The second-order valence-electron chi connectivity index (χ2n) is 5.00. The molecular formula is C15H15ClN4O. The van der Waals surface area contributed by atoms with Crippen LogP contribution in [0.1, 0.15) is 19.4 Å². The monoisotopic (exact) mass is 302 g/mol. The van der Waals surface area contributed by atoms with Crippen LogP contribution in [0, 0.1) is 0 Å². The maximum atomic E-state index is 12.6. The van der Waals surface area contributed by atoms with Gasteiger partial charge < -0.3 is 0 Å². The lowest BCUT2D eigenvalue weighted by atomic mass is 10.2. The number of hydrogen-bond acceptors (Lipinski definition) is 3. The number of aryl methyl sites for hydroxylation is 1. The zero-order valence-corrected chi connectivity index (χ0v) is 12.4. The lowest BCUT2D eigenvalue weighted by Crippen LogP contribution is -2.24. The first-order valence-corrected chi connectivity index (χ1v) is 7.17. The second kappa shape index (κ2) is 5.69. The van der Waals surface area contributed by atoms with Crippen molar-refractivity contribution >= 4 is 22.5 Å². The average molecular weight is 303 g/mol. The first-order valence-electron chi connectivity index (χ1n) is 6.79. The van der Waals surface area contributed by atoms with Crippen LogP contribution in [0.25, 0.3) is 10.9 Å². The van der Waals surface area contributed by atoms with Crippen LogP contribution in [0.2, 0.25) is 5.02 Å². The fourth-order valence-corrected chi connectivity index (χ4v) is 2.59. The molecule has 0 aliphatic rings. The Kier molecular flexibility index (Phi) is 3.75. The third kappa shape index (κ3) is 2.69. The van der Waals surface area contributed by atoms with Gasteiger partial charge in [-0.2, -0.15) is 5.10 Å². The van der Waals surface area contributed by atoms with E-state index in [1.54, 1.807) is 35.3 Å². The fraction of sp³-hybridized carbons (Fsp3) is 0.267. The van der Waals surface area contributed by atoms with E-state index in [2.05, 4.69) is 10.1 Å². The van der Waals surface area contributed by atoms with Crippen LogP contribution in [-0.4, -0.2) is 19.3 Å². The third-order valence-corrected chi connectivity index (χ3v) is 3.89. The highest BCUT2D eigenvalue weighted by Crippen LogP contribution is 2.19. The van der Waals surface area contributed by atoms with E-state index in [0.717, 1.165) is 13.0 Å². The van der Waals surface area contributed by atoms with E-state index in [9.17, 15) is 4.79 Å². The van der Waals surface area contributed by atoms with Crippen LogP contribution in [-0.2, 0) is 6.54 Å². The predicted octanol–water partition coefficient (Wildman–Crippen LogP) is 2.90. The summed E-state index contributed by atoms with van der Waals surface area (Å²) in [6.07, 6.45) is 6.03. The molecule has 0 bridgehead atoms. The van der Waals surface area contributed by atoms with Crippen molar-refractivity contribution in [2.45, 2.75) is 25.9 Å².